The van der Waals surface area contributed by atoms with Crippen LogP contribution in [0.4, 0.5) is 5.82 Å². The van der Waals surface area contributed by atoms with Crippen LogP contribution in [0.2, 0.25) is 5.02 Å². The number of benzene rings is 2. The fourth-order valence-electron chi connectivity index (χ4n) is 3.14. The largest absolute Gasteiger partial charge is 0.343 e. The SMILES string of the molecule is Cc1ccc(-n2nc(C(C)(C)C)cc2NC(=O)CNC(=O)c2cccc(Cl)c2)c(C)c1. The Morgan fingerprint density at radius 1 is 1.06 bits per heavy atom. The van der Waals surface area contributed by atoms with E-state index in [2.05, 4.69) is 37.5 Å². The highest BCUT2D eigenvalue weighted by Crippen LogP contribution is 2.27. The van der Waals surface area contributed by atoms with E-state index in [0.717, 1.165) is 22.5 Å². The average Bonchev–Trinajstić information content (AvgIpc) is 3.10. The van der Waals surface area contributed by atoms with Crippen molar-refractivity contribution in [2.45, 2.75) is 40.0 Å². The van der Waals surface area contributed by atoms with E-state index in [4.69, 9.17) is 16.7 Å². The number of hydrogen-bond donors (Lipinski definition) is 2. The van der Waals surface area contributed by atoms with Gasteiger partial charge in [0.2, 0.25) is 5.91 Å². The Bertz CT molecular complexity index is 1130. The molecule has 2 aromatic carbocycles. The fourth-order valence-corrected chi connectivity index (χ4v) is 3.33. The van der Waals surface area contributed by atoms with Crippen LogP contribution in [0.3, 0.4) is 0 Å². The number of halogens is 1. The van der Waals surface area contributed by atoms with Crippen LogP contribution in [0, 0.1) is 13.8 Å². The molecule has 0 unspecified atom stereocenters. The molecule has 1 aromatic heterocycles. The molecule has 3 rings (SSSR count). The number of anilines is 1. The van der Waals surface area contributed by atoms with Crippen molar-refractivity contribution in [2.24, 2.45) is 0 Å². The Balaban J connectivity index is 1.80. The Morgan fingerprint density at radius 2 is 1.81 bits per heavy atom. The molecule has 0 aliphatic heterocycles. The Hall–Kier alpha value is -3.12. The van der Waals surface area contributed by atoms with Gasteiger partial charge in [-0.25, -0.2) is 4.68 Å². The third-order valence-electron chi connectivity index (χ3n) is 4.82. The van der Waals surface area contributed by atoms with Gasteiger partial charge in [-0.15, -0.1) is 0 Å². The normalized spacial score (nSPS) is 11.3. The van der Waals surface area contributed by atoms with Gasteiger partial charge in [0.25, 0.3) is 5.91 Å². The number of nitrogens with one attached hydrogen (secondary N) is 2. The van der Waals surface area contributed by atoms with Crippen LogP contribution in [-0.4, -0.2) is 28.1 Å². The van der Waals surface area contributed by atoms with Crippen molar-refractivity contribution >= 4 is 29.2 Å². The van der Waals surface area contributed by atoms with E-state index in [1.807, 2.05) is 32.0 Å². The van der Waals surface area contributed by atoms with Crippen molar-refractivity contribution < 1.29 is 9.59 Å². The number of hydrogen-bond acceptors (Lipinski definition) is 3. The molecule has 7 heteroatoms. The smallest absolute Gasteiger partial charge is 0.251 e. The maximum absolute atomic E-state index is 12.6. The molecule has 3 aromatic rings. The molecular formula is C24H27ClN4O2. The summed E-state index contributed by atoms with van der Waals surface area (Å²) in [5.74, 6) is -0.156. The highest BCUT2D eigenvalue weighted by atomic mass is 35.5. The van der Waals surface area contributed by atoms with E-state index in [9.17, 15) is 9.59 Å². The maximum atomic E-state index is 12.6. The van der Waals surface area contributed by atoms with E-state index in [1.54, 1.807) is 28.9 Å². The van der Waals surface area contributed by atoms with E-state index in [0.29, 0.717) is 16.4 Å². The monoisotopic (exact) mass is 438 g/mol. The van der Waals surface area contributed by atoms with E-state index < -0.39 is 0 Å². The van der Waals surface area contributed by atoms with Crippen LogP contribution in [0.25, 0.3) is 5.69 Å². The molecule has 0 saturated heterocycles. The van der Waals surface area contributed by atoms with Crippen LogP contribution < -0.4 is 10.6 Å². The number of carbonyl (C=O) groups is 2. The number of aromatic nitrogens is 2. The minimum Gasteiger partial charge on any atom is -0.343 e. The standard InChI is InChI=1S/C24H27ClN4O2/c1-15-9-10-19(16(2)11-15)29-21(13-20(28-29)24(3,4)5)27-22(30)14-26-23(31)17-7-6-8-18(25)12-17/h6-13H,14H2,1-5H3,(H,26,31)(H,27,30). The minimum absolute atomic E-state index is 0.172. The van der Waals surface area contributed by atoms with Crippen LogP contribution >= 0.6 is 11.6 Å². The average molecular weight is 439 g/mol. The lowest BCUT2D eigenvalue weighted by Crippen LogP contribution is -2.33. The van der Waals surface area contributed by atoms with Crippen molar-refractivity contribution in [3.05, 3.63) is 75.9 Å². The van der Waals surface area contributed by atoms with Gasteiger partial charge in [-0.2, -0.15) is 5.10 Å². The molecule has 0 radical (unpaired) electrons. The van der Waals surface area contributed by atoms with Crippen molar-refractivity contribution in [3.8, 4) is 5.69 Å². The molecule has 0 atom stereocenters. The van der Waals surface area contributed by atoms with E-state index in [-0.39, 0.29) is 23.8 Å². The highest BCUT2D eigenvalue weighted by molar-refractivity contribution is 6.31. The van der Waals surface area contributed by atoms with Crippen molar-refractivity contribution in [3.63, 3.8) is 0 Å². The summed E-state index contributed by atoms with van der Waals surface area (Å²) in [5.41, 5.74) is 4.15. The number of amides is 2. The van der Waals surface area contributed by atoms with Gasteiger partial charge in [0.1, 0.15) is 5.82 Å². The molecule has 0 bridgehead atoms. The molecular weight excluding hydrogens is 412 g/mol. The fraction of sp³-hybridized carbons (Fsp3) is 0.292. The number of nitrogens with zero attached hydrogens (tertiary/aromatic N) is 2. The summed E-state index contributed by atoms with van der Waals surface area (Å²) in [5, 5.41) is 10.7. The van der Waals surface area contributed by atoms with Crippen LogP contribution in [0.1, 0.15) is 48.0 Å². The first kappa shape index (κ1) is 22.6. The summed E-state index contributed by atoms with van der Waals surface area (Å²) < 4.78 is 1.74. The summed E-state index contributed by atoms with van der Waals surface area (Å²) in [6.07, 6.45) is 0. The quantitative estimate of drug-likeness (QED) is 0.600. The molecule has 0 spiro atoms. The zero-order chi connectivity index (χ0) is 22.8. The van der Waals surface area contributed by atoms with Crippen LogP contribution in [0.15, 0.2) is 48.5 Å². The second kappa shape index (κ2) is 8.94. The third-order valence-corrected chi connectivity index (χ3v) is 5.06. The van der Waals surface area contributed by atoms with Gasteiger partial charge in [-0.1, -0.05) is 56.1 Å². The van der Waals surface area contributed by atoms with E-state index >= 15 is 0 Å². The van der Waals surface area contributed by atoms with Crippen molar-refractivity contribution in [2.75, 3.05) is 11.9 Å². The van der Waals surface area contributed by atoms with Gasteiger partial charge in [-0.3, -0.25) is 9.59 Å². The molecule has 0 aliphatic rings. The molecule has 31 heavy (non-hydrogen) atoms. The summed E-state index contributed by atoms with van der Waals surface area (Å²) in [6, 6.07) is 14.5. The lowest BCUT2D eigenvalue weighted by Gasteiger charge is -2.14. The predicted octanol–water partition coefficient (Wildman–Crippen LogP) is 4.81. The lowest BCUT2D eigenvalue weighted by molar-refractivity contribution is -0.115. The van der Waals surface area contributed by atoms with Gasteiger partial charge >= 0.3 is 0 Å². The number of carbonyl (C=O) groups excluding carboxylic acids is 2. The molecule has 0 aliphatic carbocycles. The van der Waals surface area contributed by atoms with Crippen LogP contribution in [0.5, 0.6) is 0 Å². The Kier molecular flexibility index (Phi) is 6.51. The van der Waals surface area contributed by atoms with Crippen LogP contribution in [-0.2, 0) is 10.2 Å². The molecule has 0 fully saturated rings. The molecule has 2 amide bonds. The van der Waals surface area contributed by atoms with Gasteiger partial charge in [-0.05, 0) is 43.7 Å². The Labute approximate surface area is 187 Å². The molecule has 1 heterocycles. The summed E-state index contributed by atoms with van der Waals surface area (Å²) in [7, 11) is 0. The summed E-state index contributed by atoms with van der Waals surface area (Å²) >= 11 is 5.93. The molecule has 162 valence electrons. The summed E-state index contributed by atoms with van der Waals surface area (Å²) in [4.78, 5) is 24.9. The first-order valence-corrected chi connectivity index (χ1v) is 10.4. The van der Waals surface area contributed by atoms with E-state index in [1.165, 1.54) is 0 Å². The third kappa shape index (κ3) is 5.52. The van der Waals surface area contributed by atoms with Crippen molar-refractivity contribution in [1.82, 2.24) is 15.1 Å². The number of rotatable bonds is 5. The summed E-state index contributed by atoms with van der Waals surface area (Å²) in [6.45, 7) is 10.1. The predicted molar refractivity (Wildman–Crippen MR) is 124 cm³/mol. The molecule has 2 N–H and O–H groups in total. The van der Waals surface area contributed by atoms with Gasteiger partial charge in [0, 0.05) is 22.1 Å². The molecule has 0 saturated carbocycles. The maximum Gasteiger partial charge on any atom is 0.251 e. The Morgan fingerprint density at radius 3 is 2.45 bits per heavy atom. The minimum atomic E-state index is -0.365. The van der Waals surface area contributed by atoms with Gasteiger partial charge in [0.15, 0.2) is 0 Å². The second-order valence-corrected chi connectivity index (χ2v) is 9.04. The highest BCUT2D eigenvalue weighted by Gasteiger charge is 2.22. The first-order chi connectivity index (χ1) is 14.5. The lowest BCUT2D eigenvalue weighted by atomic mass is 9.92. The number of aryl methyl sites for hydroxylation is 2. The zero-order valence-corrected chi connectivity index (χ0v) is 19.2. The first-order valence-electron chi connectivity index (χ1n) is 10.1. The topological polar surface area (TPSA) is 76.0 Å². The van der Waals surface area contributed by atoms with Gasteiger partial charge in [0.05, 0.1) is 17.9 Å². The van der Waals surface area contributed by atoms with Gasteiger partial charge < -0.3 is 10.6 Å². The molecule has 6 nitrogen and oxygen atoms in total. The van der Waals surface area contributed by atoms with Crippen molar-refractivity contribution in [1.29, 1.82) is 0 Å². The second-order valence-electron chi connectivity index (χ2n) is 8.61. The zero-order valence-electron chi connectivity index (χ0n) is 18.4.